The van der Waals surface area contributed by atoms with Crippen molar-refractivity contribution in [2.75, 3.05) is 13.2 Å². The minimum Gasteiger partial charge on any atom is -0.495 e. The van der Waals surface area contributed by atoms with Crippen LogP contribution in [0.4, 0.5) is 0 Å². The average molecular weight is 1300 g/mol. The summed E-state index contributed by atoms with van der Waals surface area (Å²) in [6.45, 7) is 14.8. The summed E-state index contributed by atoms with van der Waals surface area (Å²) in [6, 6.07) is 0.455. The number of carbonyl (C=O) groups excluding carboxylic acids is 8. The number of cyclic esters (lactones) is 6. The normalized spacial score (nSPS) is 18.5. The van der Waals surface area contributed by atoms with Gasteiger partial charge >= 0.3 is 47.8 Å². The average Bonchev–Trinajstić information content (AvgIpc) is 1.99. The number of hydrogen-bond acceptors (Lipinski definition) is 15. The van der Waals surface area contributed by atoms with Crippen LogP contribution in [0, 0.1) is 35.5 Å². The summed E-state index contributed by atoms with van der Waals surface area (Å²) in [5, 5.41) is 0. The number of hydrogen-bond donors (Lipinski definition) is 1. The molecular formula is C78H125NO14. The van der Waals surface area contributed by atoms with Crippen LogP contribution in [-0.2, 0) is 66.8 Å². The molecule has 3 fully saturated rings. The van der Waals surface area contributed by atoms with Gasteiger partial charge in [0.2, 0.25) is 0 Å². The van der Waals surface area contributed by atoms with E-state index in [9.17, 15) is 38.4 Å². The maximum Gasteiger partial charge on any atom is 0.317 e. The van der Waals surface area contributed by atoms with E-state index in [0.29, 0.717) is 31.1 Å². The lowest BCUT2D eigenvalue weighted by Gasteiger charge is -2.19. The van der Waals surface area contributed by atoms with E-state index in [2.05, 4.69) is 70.7 Å². The molecule has 0 bridgehead atoms. The van der Waals surface area contributed by atoms with Crippen molar-refractivity contribution in [3.05, 3.63) is 85.3 Å². The molecule has 3 heterocycles. The molecule has 0 spiro atoms. The summed E-state index contributed by atoms with van der Waals surface area (Å²) in [5.74, 6) is -3.78. The summed E-state index contributed by atoms with van der Waals surface area (Å²) in [5.41, 5.74) is 5.71. The van der Waals surface area contributed by atoms with Crippen molar-refractivity contribution < 1.29 is 66.8 Å². The fraction of sp³-hybridized carbons (Fsp3) is 0.718. The molecule has 3 aliphatic heterocycles. The van der Waals surface area contributed by atoms with Gasteiger partial charge in [0.1, 0.15) is 13.2 Å². The van der Waals surface area contributed by atoms with E-state index in [1.807, 2.05) is 43.4 Å². The number of unbranched alkanes of at least 4 members (excludes halogenated alkanes) is 23. The molecule has 0 aromatic carbocycles. The van der Waals surface area contributed by atoms with Crippen LogP contribution in [0.1, 0.15) is 298 Å². The predicted octanol–water partition coefficient (Wildman–Crippen LogP) is 18.7. The lowest BCUT2D eigenvalue weighted by Crippen LogP contribution is -2.29. The number of nitrogens with two attached hydrogens (primary N) is 1. The maximum atomic E-state index is 13.1. The molecule has 526 valence electrons. The third-order valence-corrected chi connectivity index (χ3v) is 17.8. The maximum absolute atomic E-state index is 13.1. The second-order valence-electron chi connectivity index (χ2n) is 25.9. The summed E-state index contributed by atoms with van der Waals surface area (Å²) in [6.07, 6.45) is 61.5. The Morgan fingerprint density at radius 3 is 1.40 bits per heavy atom. The van der Waals surface area contributed by atoms with Crippen molar-refractivity contribution >= 4 is 47.8 Å². The van der Waals surface area contributed by atoms with Crippen molar-refractivity contribution in [1.82, 2.24) is 0 Å². The van der Waals surface area contributed by atoms with Crippen LogP contribution in [0.5, 0.6) is 0 Å². The fourth-order valence-electron chi connectivity index (χ4n) is 11.8. The highest BCUT2D eigenvalue weighted by molar-refractivity contribution is 5.96. The van der Waals surface area contributed by atoms with Gasteiger partial charge in [-0.3, -0.25) is 38.4 Å². The third-order valence-electron chi connectivity index (χ3n) is 17.8. The van der Waals surface area contributed by atoms with Gasteiger partial charge < -0.3 is 34.2 Å². The van der Waals surface area contributed by atoms with Crippen LogP contribution in [0.25, 0.3) is 0 Å². The van der Waals surface area contributed by atoms with Crippen molar-refractivity contribution in [2.24, 2.45) is 41.2 Å². The monoisotopic (exact) mass is 1300 g/mol. The first-order chi connectivity index (χ1) is 45.1. The van der Waals surface area contributed by atoms with E-state index < -0.39 is 47.8 Å². The zero-order chi connectivity index (χ0) is 67.9. The van der Waals surface area contributed by atoms with E-state index in [1.165, 1.54) is 51.4 Å². The highest BCUT2D eigenvalue weighted by Gasteiger charge is 2.40. The Morgan fingerprint density at radius 2 is 0.860 bits per heavy atom. The van der Waals surface area contributed by atoms with Crippen molar-refractivity contribution in [3.8, 4) is 0 Å². The second kappa shape index (κ2) is 55.6. The highest BCUT2D eigenvalue weighted by Crippen LogP contribution is 2.32. The summed E-state index contributed by atoms with van der Waals surface area (Å²) >= 11 is 0. The fourth-order valence-corrected chi connectivity index (χ4v) is 11.8. The predicted molar refractivity (Wildman–Crippen MR) is 371 cm³/mol. The first-order valence-electron chi connectivity index (χ1n) is 36.8. The lowest BCUT2D eigenvalue weighted by molar-refractivity contribution is -0.162. The summed E-state index contributed by atoms with van der Waals surface area (Å²) in [7, 11) is 0. The molecule has 0 aromatic heterocycles. The Bertz CT molecular complexity index is 2300. The minimum atomic E-state index is -0.760. The molecule has 0 aromatic rings. The smallest absolute Gasteiger partial charge is 0.317 e. The molecule has 0 saturated carbocycles. The van der Waals surface area contributed by atoms with Crippen LogP contribution in [-0.4, -0.2) is 73.1 Å². The van der Waals surface area contributed by atoms with Gasteiger partial charge in [-0.15, -0.1) is 0 Å². The Hall–Kier alpha value is -5.70. The molecular weight excluding hydrogens is 1170 g/mol. The van der Waals surface area contributed by atoms with Gasteiger partial charge in [-0.1, -0.05) is 243 Å². The number of esters is 8. The largest absolute Gasteiger partial charge is 0.495 e. The van der Waals surface area contributed by atoms with E-state index in [-0.39, 0.29) is 86.8 Å². The molecule has 15 heteroatoms. The van der Waals surface area contributed by atoms with E-state index in [4.69, 9.17) is 34.2 Å². The molecule has 93 heavy (non-hydrogen) atoms. The number of allylic oxidation sites excluding steroid dienone is 13. The van der Waals surface area contributed by atoms with E-state index >= 15 is 0 Å². The lowest BCUT2D eigenvalue weighted by atomic mass is 9.86. The molecule has 3 rings (SSSR count). The molecule has 15 nitrogen and oxygen atoms in total. The molecule has 3 saturated heterocycles. The van der Waals surface area contributed by atoms with Crippen molar-refractivity contribution in [2.45, 2.75) is 310 Å². The third kappa shape index (κ3) is 42.4. The van der Waals surface area contributed by atoms with E-state index in [0.717, 1.165) is 161 Å². The Balaban J connectivity index is 0.00000302. The van der Waals surface area contributed by atoms with Gasteiger partial charge in [0.05, 0.1) is 42.8 Å². The first kappa shape index (κ1) is 83.4. The van der Waals surface area contributed by atoms with Crippen LogP contribution in [0.15, 0.2) is 85.3 Å². The Morgan fingerprint density at radius 1 is 0.441 bits per heavy atom. The number of rotatable bonds is 56. The van der Waals surface area contributed by atoms with Crippen LogP contribution in [0.3, 0.4) is 0 Å². The highest BCUT2D eigenvalue weighted by atomic mass is 16.6. The van der Waals surface area contributed by atoms with Crippen LogP contribution < -0.4 is 5.73 Å². The molecule has 0 radical (unpaired) electrons. The van der Waals surface area contributed by atoms with Gasteiger partial charge in [0, 0.05) is 25.3 Å². The molecule has 0 amide bonds. The Labute approximate surface area is 561 Å². The number of ether oxygens (including phenoxy) is 6. The van der Waals surface area contributed by atoms with Crippen molar-refractivity contribution in [3.63, 3.8) is 0 Å². The van der Waals surface area contributed by atoms with Gasteiger partial charge in [-0.25, -0.2) is 0 Å². The summed E-state index contributed by atoms with van der Waals surface area (Å²) in [4.78, 5) is 97.5. The van der Waals surface area contributed by atoms with Crippen LogP contribution in [0.2, 0.25) is 0 Å². The molecule has 8 unspecified atom stereocenters. The quantitative estimate of drug-likeness (QED) is 0.0114. The van der Waals surface area contributed by atoms with Gasteiger partial charge in [0.25, 0.3) is 0 Å². The topological polar surface area (TPSA) is 218 Å². The molecule has 0 aliphatic carbocycles. The summed E-state index contributed by atoms with van der Waals surface area (Å²) < 4.78 is 31.9. The van der Waals surface area contributed by atoms with E-state index in [1.54, 1.807) is 0 Å². The standard InChI is InChI=1S/C70H106O14.C8H19N/c1-5-8-10-11-28-37-46-58(62-52-67(75)84-70(62)78)47-39-31-25-26-33-41-49-64(72)81-59(53-79-55(4)42-35-27-21-17-14-12-13-15-18-22-29-36-43-56(7-3)60-50-65(73)82-68(60)76)54-80-63(71)48-40-32-24-20-16-19-23-30-38-45-57(44-34-9-6-2)61-51-66(74)83-69(61)77;1-3-5-6-7-8(9)4-2/h13,15,22-23,29-30,36,38-39,43,45,47,56-62H,4-12,14,16-21,24-28,31-35,37,40-42,44,46,48-54H2,1-3H3;8H,3-7,9H2,1-2H3/b15-13-,29-22-,30-23-,43-36+,45-38+,47-39+;. The molecule has 8 atom stereocenters. The zero-order valence-corrected chi connectivity index (χ0v) is 58.5. The van der Waals surface area contributed by atoms with Gasteiger partial charge in [0.15, 0.2) is 6.10 Å². The Kier molecular flexibility index (Phi) is 49.8. The SMILES string of the molecule is C=C(CCCCCCC/C=C\C/C=C\C=C\C(CC)C1CC(=O)OC1=O)OCC(COC(=O)CCCCCCC/C=C\C=C\C(CCCCC)C1CC(=O)OC1=O)OC(=O)CCCCCC/C=C/C(CCCCCCCC)C1CC(=O)OC1=O.CCCCCC(N)CC. The second-order valence-corrected chi connectivity index (χ2v) is 25.9. The zero-order valence-electron chi connectivity index (χ0n) is 58.5. The van der Waals surface area contributed by atoms with Gasteiger partial charge in [-0.05, 0) is 114 Å². The number of carbonyl (C=O) groups is 8. The minimum absolute atomic E-state index is 0.000243. The first-order valence-corrected chi connectivity index (χ1v) is 36.8. The molecule has 3 aliphatic rings. The van der Waals surface area contributed by atoms with Crippen molar-refractivity contribution in [1.29, 1.82) is 0 Å². The molecule has 2 N–H and O–H groups in total. The van der Waals surface area contributed by atoms with Crippen LogP contribution >= 0.6 is 0 Å². The van der Waals surface area contributed by atoms with Gasteiger partial charge in [-0.2, -0.15) is 0 Å².